The van der Waals surface area contributed by atoms with Crippen molar-refractivity contribution < 1.29 is 4.79 Å². The van der Waals surface area contributed by atoms with Crippen LogP contribution in [0.3, 0.4) is 0 Å². The molecule has 2 N–H and O–H groups in total. The SMILES string of the molecule is Cc1cccc2c(=O)n(CCC(=O)Nc3ccc(Nc4ccccc4)cc3)cnc12. The van der Waals surface area contributed by atoms with E-state index in [0.29, 0.717) is 16.6 Å². The van der Waals surface area contributed by atoms with Crippen molar-refractivity contribution in [1.29, 1.82) is 0 Å². The molecule has 0 atom stereocenters. The van der Waals surface area contributed by atoms with Crippen LogP contribution in [-0.4, -0.2) is 15.5 Å². The number of aromatic nitrogens is 2. The van der Waals surface area contributed by atoms with Crippen LogP contribution in [0.4, 0.5) is 17.1 Å². The van der Waals surface area contributed by atoms with E-state index >= 15 is 0 Å². The molecule has 0 radical (unpaired) electrons. The molecule has 1 heterocycles. The molecule has 0 aliphatic rings. The van der Waals surface area contributed by atoms with Crippen molar-refractivity contribution in [2.75, 3.05) is 10.6 Å². The number of nitrogens with zero attached hydrogens (tertiary/aromatic N) is 2. The minimum Gasteiger partial charge on any atom is -0.356 e. The summed E-state index contributed by atoms with van der Waals surface area (Å²) in [6, 6.07) is 22.9. The Labute approximate surface area is 174 Å². The number of carbonyl (C=O) groups excluding carboxylic acids is 1. The fraction of sp³-hybridized carbons (Fsp3) is 0.125. The molecule has 3 aromatic carbocycles. The van der Waals surface area contributed by atoms with E-state index in [1.54, 1.807) is 6.07 Å². The maximum atomic E-state index is 12.6. The quantitative estimate of drug-likeness (QED) is 0.502. The Kier molecular flexibility index (Phi) is 5.57. The molecular weight excluding hydrogens is 376 g/mol. The van der Waals surface area contributed by atoms with Crippen LogP contribution in [0.2, 0.25) is 0 Å². The van der Waals surface area contributed by atoms with Crippen LogP contribution >= 0.6 is 0 Å². The maximum absolute atomic E-state index is 12.6. The predicted octanol–water partition coefficient (Wildman–Crippen LogP) is 4.48. The number of para-hydroxylation sites is 2. The first-order valence-electron chi connectivity index (χ1n) is 9.77. The van der Waals surface area contributed by atoms with Crippen molar-refractivity contribution in [2.45, 2.75) is 19.9 Å². The van der Waals surface area contributed by atoms with E-state index in [1.807, 2.05) is 73.7 Å². The van der Waals surface area contributed by atoms with E-state index < -0.39 is 0 Å². The topological polar surface area (TPSA) is 76.0 Å². The van der Waals surface area contributed by atoms with E-state index in [2.05, 4.69) is 15.6 Å². The van der Waals surface area contributed by atoms with Crippen LogP contribution in [0.1, 0.15) is 12.0 Å². The van der Waals surface area contributed by atoms with Gasteiger partial charge in [0.2, 0.25) is 5.91 Å². The second-order valence-electron chi connectivity index (χ2n) is 7.08. The van der Waals surface area contributed by atoms with Gasteiger partial charge in [0.15, 0.2) is 0 Å². The second-order valence-corrected chi connectivity index (χ2v) is 7.08. The first-order valence-corrected chi connectivity index (χ1v) is 9.77. The molecule has 0 saturated carbocycles. The lowest BCUT2D eigenvalue weighted by Crippen LogP contribution is -2.23. The third kappa shape index (κ3) is 4.38. The van der Waals surface area contributed by atoms with Crippen LogP contribution in [0.5, 0.6) is 0 Å². The Hall–Kier alpha value is -3.93. The lowest BCUT2D eigenvalue weighted by molar-refractivity contribution is -0.116. The molecule has 1 amide bonds. The number of hydrogen-bond acceptors (Lipinski definition) is 4. The molecule has 4 rings (SSSR count). The van der Waals surface area contributed by atoms with E-state index in [0.717, 1.165) is 16.9 Å². The zero-order valence-electron chi connectivity index (χ0n) is 16.6. The summed E-state index contributed by atoms with van der Waals surface area (Å²) in [7, 11) is 0. The minimum atomic E-state index is -0.157. The first kappa shape index (κ1) is 19.4. The van der Waals surface area contributed by atoms with Gasteiger partial charge in [0.25, 0.3) is 5.56 Å². The van der Waals surface area contributed by atoms with Crippen molar-refractivity contribution in [3.05, 3.63) is 95.0 Å². The Morgan fingerprint density at radius 2 is 1.60 bits per heavy atom. The highest BCUT2D eigenvalue weighted by Gasteiger charge is 2.08. The van der Waals surface area contributed by atoms with Gasteiger partial charge in [-0.05, 0) is 55.0 Å². The van der Waals surface area contributed by atoms with Gasteiger partial charge in [0, 0.05) is 30.0 Å². The van der Waals surface area contributed by atoms with Crippen molar-refractivity contribution in [2.24, 2.45) is 0 Å². The normalized spacial score (nSPS) is 10.7. The van der Waals surface area contributed by atoms with Crippen LogP contribution in [0.15, 0.2) is 83.9 Å². The molecule has 150 valence electrons. The summed E-state index contributed by atoms with van der Waals surface area (Å²) in [4.78, 5) is 29.3. The van der Waals surface area contributed by atoms with Crippen molar-refractivity contribution in [3.8, 4) is 0 Å². The van der Waals surface area contributed by atoms with Crippen molar-refractivity contribution >= 4 is 33.9 Å². The highest BCUT2D eigenvalue weighted by molar-refractivity contribution is 5.91. The number of rotatable bonds is 6. The van der Waals surface area contributed by atoms with Gasteiger partial charge in [-0.2, -0.15) is 0 Å². The van der Waals surface area contributed by atoms with Gasteiger partial charge in [-0.25, -0.2) is 4.98 Å². The van der Waals surface area contributed by atoms with Crippen LogP contribution in [0.25, 0.3) is 10.9 Å². The number of benzene rings is 3. The third-order valence-electron chi connectivity index (χ3n) is 4.87. The number of carbonyl (C=O) groups is 1. The lowest BCUT2D eigenvalue weighted by Gasteiger charge is -2.10. The molecule has 1 aromatic heterocycles. The van der Waals surface area contributed by atoms with E-state index in [4.69, 9.17) is 0 Å². The summed E-state index contributed by atoms with van der Waals surface area (Å²) in [6.07, 6.45) is 1.69. The summed E-state index contributed by atoms with van der Waals surface area (Å²) in [5, 5.41) is 6.73. The third-order valence-corrected chi connectivity index (χ3v) is 4.87. The molecule has 6 nitrogen and oxygen atoms in total. The molecule has 0 aliphatic carbocycles. The van der Waals surface area contributed by atoms with Crippen LogP contribution in [-0.2, 0) is 11.3 Å². The standard InChI is InChI=1S/C24H22N4O2/c1-17-6-5-9-21-23(17)25-16-28(24(21)30)15-14-22(29)27-20-12-10-19(11-13-20)26-18-7-3-2-4-8-18/h2-13,16,26H,14-15H2,1H3,(H,27,29). The number of fused-ring (bicyclic) bond motifs is 1. The monoisotopic (exact) mass is 398 g/mol. The zero-order chi connectivity index (χ0) is 20.9. The summed E-state index contributed by atoms with van der Waals surface area (Å²) in [6.45, 7) is 2.20. The smallest absolute Gasteiger partial charge is 0.261 e. The Morgan fingerprint density at radius 1 is 0.900 bits per heavy atom. The van der Waals surface area contributed by atoms with Crippen molar-refractivity contribution in [3.63, 3.8) is 0 Å². The second kappa shape index (κ2) is 8.61. The average molecular weight is 398 g/mol. The van der Waals surface area contributed by atoms with Gasteiger partial charge in [0.05, 0.1) is 17.2 Å². The van der Waals surface area contributed by atoms with E-state index in [9.17, 15) is 9.59 Å². The number of nitrogens with one attached hydrogen (secondary N) is 2. The molecule has 0 fully saturated rings. The number of anilines is 3. The molecule has 0 unspecified atom stereocenters. The highest BCUT2D eigenvalue weighted by Crippen LogP contribution is 2.18. The van der Waals surface area contributed by atoms with Crippen LogP contribution in [0, 0.1) is 6.92 Å². The molecule has 4 aromatic rings. The van der Waals surface area contributed by atoms with Gasteiger partial charge in [-0.3, -0.25) is 14.2 Å². The van der Waals surface area contributed by atoms with Gasteiger partial charge in [-0.15, -0.1) is 0 Å². The minimum absolute atomic E-state index is 0.132. The molecule has 0 spiro atoms. The van der Waals surface area contributed by atoms with Gasteiger partial charge in [0.1, 0.15) is 0 Å². The van der Waals surface area contributed by atoms with Gasteiger partial charge < -0.3 is 10.6 Å². The molecule has 0 saturated heterocycles. The molecule has 30 heavy (non-hydrogen) atoms. The van der Waals surface area contributed by atoms with E-state index in [-0.39, 0.29) is 24.4 Å². The lowest BCUT2D eigenvalue weighted by atomic mass is 10.1. The maximum Gasteiger partial charge on any atom is 0.261 e. The fourth-order valence-corrected chi connectivity index (χ4v) is 3.27. The molecule has 0 aliphatic heterocycles. The molecular formula is C24H22N4O2. The fourth-order valence-electron chi connectivity index (χ4n) is 3.27. The zero-order valence-corrected chi connectivity index (χ0v) is 16.6. The molecule has 6 heteroatoms. The van der Waals surface area contributed by atoms with Crippen LogP contribution < -0.4 is 16.2 Å². The predicted molar refractivity (Wildman–Crippen MR) is 120 cm³/mol. The largest absolute Gasteiger partial charge is 0.356 e. The highest BCUT2D eigenvalue weighted by atomic mass is 16.1. The van der Waals surface area contributed by atoms with Crippen molar-refractivity contribution in [1.82, 2.24) is 9.55 Å². The Morgan fingerprint density at radius 3 is 2.37 bits per heavy atom. The first-order chi connectivity index (χ1) is 14.6. The summed E-state index contributed by atoms with van der Waals surface area (Å²) in [5.41, 5.74) is 4.17. The number of aryl methyl sites for hydroxylation is 2. The average Bonchev–Trinajstić information content (AvgIpc) is 2.76. The number of hydrogen-bond donors (Lipinski definition) is 2. The summed E-state index contributed by atoms with van der Waals surface area (Å²) >= 11 is 0. The number of amides is 1. The van der Waals surface area contributed by atoms with E-state index in [1.165, 1.54) is 10.9 Å². The summed E-state index contributed by atoms with van der Waals surface area (Å²) in [5.74, 6) is -0.157. The Bertz CT molecular complexity index is 1230. The molecule has 0 bridgehead atoms. The Balaban J connectivity index is 1.36. The summed E-state index contributed by atoms with van der Waals surface area (Å²) < 4.78 is 1.48. The van der Waals surface area contributed by atoms with Gasteiger partial charge >= 0.3 is 0 Å². The van der Waals surface area contributed by atoms with Gasteiger partial charge in [-0.1, -0.05) is 30.3 Å².